The smallest absolute Gasteiger partial charge is 0.338 e. The summed E-state index contributed by atoms with van der Waals surface area (Å²) >= 11 is 0. The van der Waals surface area contributed by atoms with E-state index < -0.39 is 5.97 Å². The van der Waals surface area contributed by atoms with Crippen LogP contribution in [0.2, 0.25) is 0 Å². The van der Waals surface area contributed by atoms with Crippen molar-refractivity contribution in [3.8, 4) is 0 Å². The van der Waals surface area contributed by atoms with Gasteiger partial charge < -0.3 is 15.2 Å². The van der Waals surface area contributed by atoms with Gasteiger partial charge in [-0.25, -0.2) is 4.79 Å². The van der Waals surface area contributed by atoms with Crippen LogP contribution in [0.1, 0.15) is 36.2 Å². The minimum Gasteiger partial charge on any atom is -0.466 e. The summed E-state index contributed by atoms with van der Waals surface area (Å²) in [6.45, 7) is 4.14. The number of carbonyl (C=O) groups excluding carboxylic acids is 2. The largest absolute Gasteiger partial charge is 0.466 e. The van der Waals surface area contributed by atoms with E-state index in [4.69, 9.17) is 15.2 Å². The molecule has 1 aromatic rings. The predicted octanol–water partition coefficient (Wildman–Crippen LogP) is 1.94. The van der Waals surface area contributed by atoms with Crippen LogP contribution in [0, 0.1) is 0 Å². The van der Waals surface area contributed by atoms with E-state index in [1.165, 1.54) is 0 Å². The number of carbonyl (C=O) groups is 2. The fourth-order valence-electron chi connectivity index (χ4n) is 1.68. The molecule has 1 aromatic carbocycles. The van der Waals surface area contributed by atoms with Crippen LogP contribution >= 0.6 is 0 Å². The highest BCUT2D eigenvalue weighted by Crippen LogP contribution is 2.17. The molecule has 5 nitrogen and oxygen atoms in total. The van der Waals surface area contributed by atoms with Crippen molar-refractivity contribution >= 4 is 17.6 Å². The quantitative estimate of drug-likeness (QED) is 0.628. The first kappa shape index (κ1) is 15.0. The summed E-state index contributed by atoms with van der Waals surface area (Å²) in [5.74, 6) is -0.706. The van der Waals surface area contributed by atoms with Crippen LogP contribution in [-0.2, 0) is 20.7 Å². The Kier molecular flexibility index (Phi) is 5.85. The highest BCUT2D eigenvalue weighted by Gasteiger charge is 2.14. The van der Waals surface area contributed by atoms with Crippen LogP contribution in [0.4, 0.5) is 5.69 Å². The van der Waals surface area contributed by atoms with E-state index in [-0.39, 0.29) is 12.4 Å². The Morgan fingerprint density at radius 2 is 1.84 bits per heavy atom. The van der Waals surface area contributed by atoms with Gasteiger partial charge in [-0.2, -0.15) is 0 Å². The second-order valence-corrected chi connectivity index (χ2v) is 3.94. The number of hydrogen-bond donors (Lipinski definition) is 1. The fraction of sp³-hybridized carbons (Fsp3) is 0.429. The van der Waals surface area contributed by atoms with Crippen LogP contribution in [0.25, 0.3) is 0 Å². The maximum absolute atomic E-state index is 11.8. The third-order valence-electron chi connectivity index (χ3n) is 2.53. The Labute approximate surface area is 112 Å². The SMILES string of the molecule is CCOC(=O)CCc1ccc(N)cc1C(=O)OCC. The number of aryl methyl sites for hydroxylation is 1. The van der Waals surface area contributed by atoms with Crippen LogP contribution in [0.15, 0.2) is 18.2 Å². The molecule has 2 N–H and O–H groups in total. The van der Waals surface area contributed by atoms with Gasteiger partial charge in [-0.3, -0.25) is 4.79 Å². The summed E-state index contributed by atoms with van der Waals surface area (Å²) in [7, 11) is 0. The molecule has 0 aliphatic rings. The molecule has 0 bridgehead atoms. The van der Waals surface area contributed by atoms with Crippen molar-refractivity contribution in [1.29, 1.82) is 0 Å². The highest BCUT2D eigenvalue weighted by molar-refractivity contribution is 5.92. The van der Waals surface area contributed by atoms with Gasteiger partial charge in [0.1, 0.15) is 0 Å². The van der Waals surface area contributed by atoms with Crippen LogP contribution in [0.5, 0.6) is 0 Å². The van der Waals surface area contributed by atoms with E-state index in [0.717, 1.165) is 5.56 Å². The zero-order valence-electron chi connectivity index (χ0n) is 11.3. The number of esters is 2. The van der Waals surface area contributed by atoms with Gasteiger partial charge in [0.2, 0.25) is 0 Å². The minimum absolute atomic E-state index is 0.226. The Hall–Kier alpha value is -2.04. The molecule has 0 radical (unpaired) electrons. The Bertz CT molecular complexity index is 457. The molecule has 5 heteroatoms. The number of anilines is 1. The molecule has 0 aliphatic carbocycles. The van der Waals surface area contributed by atoms with E-state index in [9.17, 15) is 9.59 Å². The lowest BCUT2D eigenvalue weighted by Crippen LogP contribution is -2.11. The molecule has 0 heterocycles. The number of hydrogen-bond acceptors (Lipinski definition) is 5. The summed E-state index contributed by atoms with van der Waals surface area (Å²) in [6.07, 6.45) is 0.650. The Morgan fingerprint density at radius 3 is 2.47 bits per heavy atom. The van der Waals surface area contributed by atoms with Crippen molar-refractivity contribution in [2.24, 2.45) is 0 Å². The molecule has 0 aromatic heterocycles. The van der Waals surface area contributed by atoms with E-state index in [1.807, 2.05) is 0 Å². The van der Waals surface area contributed by atoms with Gasteiger partial charge in [-0.1, -0.05) is 6.07 Å². The third kappa shape index (κ3) is 4.62. The lowest BCUT2D eigenvalue weighted by molar-refractivity contribution is -0.143. The Balaban J connectivity index is 2.82. The van der Waals surface area contributed by atoms with Gasteiger partial charge in [-0.15, -0.1) is 0 Å². The van der Waals surface area contributed by atoms with Gasteiger partial charge in [-0.05, 0) is 38.0 Å². The summed E-state index contributed by atoms with van der Waals surface area (Å²) in [5.41, 5.74) is 7.30. The molecule has 0 fully saturated rings. The van der Waals surface area contributed by atoms with E-state index >= 15 is 0 Å². The van der Waals surface area contributed by atoms with Gasteiger partial charge in [0.15, 0.2) is 0 Å². The highest BCUT2D eigenvalue weighted by atomic mass is 16.5. The lowest BCUT2D eigenvalue weighted by Gasteiger charge is -2.09. The maximum Gasteiger partial charge on any atom is 0.338 e. The number of ether oxygens (including phenoxy) is 2. The topological polar surface area (TPSA) is 78.6 Å². The summed E-state index contributed by atoms with van der Waals surface area (Å²) in [5, 5.41) is 0. The van der Waals surface area contributed by atoms with Crippen molar-refractivity contribution in [3.63, 3.8) is 0 Å². The second kappa shape index (κ2) is 7.41. The number of benzene rings is 1. The average molecular weight is 265 g/mol. The van der Waals surface area contributed by atoms with Crippen LogP contribution in [0.3, 0.4) is 0 Å². The number of rotatable bonds is 6. The first-order valence-corrected chi connectivity index (χ1v) is 6.29. The molecule has 0 saturated heterocycles. The molecule has 0 unspecified atom stereocenters. The molecule has 0 atom stereocenters. The normalized spacial score (nSPS) is 10.0. The zero-order valence-corrected chi connectivity index (χ0v) is 11.3. The van der Waals surface area contributed by atoms with Gasteiger partial charge in [0.05, 0.1) is 18.8 Å². The lowest BCUT2D eigenvalue weighted by atomic mass is 10.0. The van der Waals surface area contributed by atoms with Crippen LogP contribution in [-0.4, -0.2) is 25.2 Å². The number of nitrogens with two attached hydrogens (primary N) is 1. The monoisotopic (exact) mass is 265 g/mol. The molecular weight excluding hydrogens is 246 g/mol. The Morgan fingerprint density at radius 1 is 1.16 bits per heavy atom. The summed E-state index contributed by atoms with van der Waals surface area (Å²) in [6, 6.07) is 5.00. The first-order valence-electron chi connectivity index (χ1n) is 6.29. The van der Waals surface area contributed by atoms with Crippen molar-refractivity contribution in [2.45, 2.75) is 26.7 Å². The van der Waals surface area contributed by atoms with Crippen LogP contribution < -0.4 is 5.73 Å². The molecule has 0 aliphatic heterocycles. The van der Waals surface area contributed by atoms with Gasteiger partial charge in [0, 0.05) is 12.1 Å². The maximum atomic E-state index is 11.8. The summed E-state index contributed by atoms with van der Waals surface area (Å²) in [4.78, 5) is 23.1. The van der Waals surface area contributed by atoms with Crippen molar-refractivity contribution in [2.75, 3.05) is 18.9 Å². The van der Waals surface area contributed by atoms with E-state index in [2.05, 4.69) is 0 Å². The fourth-order valence-corrected chi connectivity index (χ4v) is 1.68. The predicted molar refractivity (Wildman–Crippen MR) is 71.8 cm³/mol. The van der Waals surface area contributed by atoms with Crippen molar-refractivity contribution in [3.05, 3.63) is 29.3 Å². The first-order chi connectivity index (χ1) is 9.08. The molecule has 0 amide bonds. The van der Waals surface area contributed by atoms with Crippen molar-refractivity contribution in [1.82, 2.24) is 0 Å². The molecule has 19 heavy (non-hydrogen) atoms. The number of nitrogen functional groups attached to an aromatic ring is 1. The average Bonchev–Trinajstić information content (AvgIpc) is 2.38. The molecule has 1 rings (SSSR count). The molecular formula is C14H19NO4. The molecule has 0 saturated carbocycles. The van der Waals surface area contributed by atoms with E-state index in [1.54, 1.807) is 32.0 Å². The van der Waals surface area contributed by atoms with E-state index in [0.29, 0.717) is 30.9 Å². The van der Waals surface area contributed by atoms with Gasteiger partial charge >= 0.3 is 11.9 Å². The zero-order chi connectivity index (χ0) is 14.3. The van der Waals surface area contributed by atoms with Crippen molar-refractivity contribution < 1.29 is 19.1 Å². The third-order valence-corrected chi connectivity index (χ3v) is 2.53. The second-order valence-electron chi connectivity index (χ2n) is 3.94. The summed E-state index contributed by atoms with van der Waals surface area (Å²) < 4.78 is 9.82. The standard InChI is InChI=1S/C14H19NO4/c1-3-18-13(16)8-6-10-5-7-11(15)9-12(10)14(17)19-4-2/h5,7,9H,3-4,6,8,15H2,1-2H3. The molecule has 104 valence electrons. The molecule has 0 spiro atoms. The minimum atomic E-state index is -0.423. The van der Waals surface area contributed by atoms with Gasteiger partial charge in [0.25, 0.3) is 0 Å².